The van der Waals surface area contributed by atoms with Crippen LogP contribution in [0.3, 0.4) is 0 Å². The van der Waals surface area contributed by atoms with Crippen LogP contribution >= 0.6 is 0 Å². The van der Waals surface area contributed by atoms with E-state index in [0.717, 1.165) is 12.8 Å². The van der Waals surface area contributed by atoms with Crippen LogP contribution in [0.15, 0.2) is 0 Å². The van der Waals surface area contributed by atoms with E-state index < -0.39 is 5.54 Å². The highest BCUT2D eigenvalue weighted by atomic mass is 16.5. The maximum atomic E-state index is 11.1. The molecule has 2 atom stereocenters. The predicted octanol–water partition coefficient (Wildman–Crippen LogP) is 0.677. The van der Waals surface area contributed by atoms with Crippen molar-refractivity contribution in [2.45, 2.75) is 32.2 Å². The van der Waals surface area contributed by atoms with E-state index in [-0.39, 0.29) is 5.97 Å². The molecule has 1 fully saturated rings. The van der Waals surface area contributed by atoms with Crippen molar-refractivity contribution in [2.75, 3.05) is 6.61 Å². The SMILES string of the molecule is CCOC(=O)[C@]1(N)C[C@@H]1CC. The monoisotopic (exact) mass is 157 g/mol. The van der Waals surface area contributed by atoms with Gasteiger partial charge in [0.05, 0.1) is 6.61 Å². The normalized spacial score (nSPS) is 35.0. The number of esters is 1. The van der Waals surface area contributed by atoms with Gasteiger partial charge >= 0.3 is 5.97 Å². The summed E-state index contributed by atoms with van der Waals surface area (Å²) < 4.78 is 4.84. The van der Waals surface area contributed by atoms with Gasteiger partial charge in [-0.2, -0.15) is 0 Å². The number of hydrogen-bond acceptors (Lipinski definition) is 3. The van der Waals surface area contributed by atoms with Gasteiger partial charge in [0.1, 0.15) is 5.54 Å². The first kappa shape index (κ1) is 8.53. The zero-order valence-electron chi connectivity index (χ0n) is 7.09. The standard InChI is InChI=1S/C8H15NO2/c1-3-6-5-8(6,9)7(10)11-4-2/h6H,3-5,9H2,1-2H3/t6-,8-/m0/s1. The average Bonchev–Trinajstić information content (AvgIpc) is 2.64. The van der Waals surface area contributed by atoms with Crippen molar-refractivity contribution >= 4 is 5.97 Å². The Kier molecular flexibility index (Phi) is 2.18. The molecule has 1 saturated carbocycles. The molecule has 64 valence electrons. The predicted molar refractivity (Wildman–Crippen MR) is 41.9 cm³/mol. The van der Waals surface area contributed by atoms with Gasteiger partial charge in [-0.05, 0) is 19.3 Å². The van der Waals surface area contributed by atoms with E-state index in [1.807, 2.05) is 6.92 Å². The van der Waals surface area contributed by atoms with E-state index in [0.29, 0.717) is 12.5 Å². The fourth-order valence-corrected chi connectivity index (χ4v) is 1.37. The molecule has 0 aliphatic heterocycles. The Balaban J connectivity index is 2.42. The second-order valence-corrected chi connectivity index (χ2v) is 3.07. The molecule has 0 heterocycles. The van der Waals surface area contributed by atoms with Crippen LogP contribution in [0.25, 0.3) is 0 Å². The highest BCUT2D eigenvalue weighted by Crippen LogP contribution is 2.44. The molecule has 3 heteroatoms. The minimum Gasteiger partial charge on any atom is -0.465 e. The van der Waals surface area contributed by atoms with E-state index >= 15 is 0 Å². The van der Waals surface area contributed by atoms with E-state index in [1.165, 1.54) is 0 Å². The van der Waals surface area contributed by atoms with Crippen LogP contribution in [0.1, 0.15) is 26.7 Å². The van der Waals surface area contributed by atoms with Crippen molar-refractivity contribution in [1.82, 2.24) is 0 Å². The van der Waals surface area contributed by atoms with Crippen LogP contribution in [-0.2, 0) is 9.53 Å². The van der Waals surface area contributed by atoms with Crippen LogP contribution < -0.4 is 5.73 Å². The molecular weight excluding hydrogens is 142 g/mol. The van der Waals surface area contributed by atoms with Crippen LogP contribution in [0.4, 0.5) is 0 Å². The first-order valence-corrected chi connectivity index (χ1v) is 4.11. The lowest BCUT2D eigenvalue weighted by Gasteiger charge is -2.08. The third-order valence-electron chi connectivity index (χ3n) is 2.30. The third kappa shape index (κ3) is 1.38. The quantitative estimate of drug-likeness (QED) is 0.613. The lowest BCUT2D eigenvalue weighted by atomic mass is 10.2. The average molecular weight is 157 g/mol. The van der Waals surface area contributed by atoms with Gasteiger partial charge in [0.2, 0.25) is 0 Å². The molecule has 0 radical (unpaired) electrons. The van der Waals surface area contributed by atoms with Gasteiger partial charge < -0.3 is 10.5 Å². The zero-order valence-corrected chi connectivity index (χ0v) is 7.09. The number of carbonyl (C=O) groups is 1. The number of ether oxygens (including phenoxy) is 1. The first-order valence-electron chi connectivity index (χ1n) is 4.11. The topological polar surface area (TPSA) is 52.3 Å². The Morgan fingerprint density at radius 3 is 2.73 bits per heavy atom. The van der Waals surface area contributed by atoms with Crippen molar-refractivity contribution < 1.29 is 9.53 Å². The molecule has 11 heavy (non-hydrogen) atoms. The lowest BCUT2D eigenvalue weighted by molar-refractivity contribution is -0.146. The van der Waals surface area contributed by atoms with Crippen molar-refractivity contribution in [2.24, 2.45) is 11.7 Å². The summed E-state index contributed by atoms with van der Waals surface area (Å²) in [4.78, 5) is 11.1. The number of rotatable bonds is 3. The molecule has 1 aliphatic carbocycles. The Labute approximate surface area is 66.9 Å². The van der Waals surface area contributed by atoms with E-state index in [1.54, 1.807) is 6.92 Å². The highest BCUT2D eigenvalue weighted by Gasteiger charge is 2.57. The van der Waals surface area contributed by atoms with Crippen LogP contribution in [-0.4, -0.2) is 18.1 Å². The van der Waals surface area contributed by atoms with Crippen LogP contribution in [0.2, 0.25) is 0 Å². The van der Waals surface area contributed by atoms with Crippen molar-refractivity contribution in [3.8, 4) is 0 Å². The largest absolute Gasteiger partial charge is 0.465 e. The second kappa shape index (κ2) is 2.81. The highest BCUT2D eigenvalue weighted by molar-refractivity contribution is 5.84. The van der Waals surface area contributed by atoms with Gasteiger partial charge in [-0.25, -0.2) is 0 Å². The number of nitrogens with two attached hydrogens (primary N) is 1. The molecule has 0 aromatic heterocycles. The summed E-state index contributed by atoms with van der Waals surface area (Å²) in [6.45, 7) is 4.26. The summed E-state index contributed by atoms with van der Waals surface area (Å²) in [5.41, 5.74) is 5.12. The number of carbonyl (C=O) groups excluding carboxylic acids is 1. The van der Waals surface area contributed by atoms with Gasteiger partial charge in [-0.1, -0.05) is 13.3 Å². The van der Waals surface area contributed by atoms with E-state index in [2.05, 4.69) is 0 Å². The van der Waals surface area contributed by atoms with Crippen molar-refractivity contribution in [1.29, 1.82) is 0 Å². The van der Waals surface area contributed by atoms with Gasteiger partial charge in [0.15, 0.2) is 0 Å². The Hall–Kier alpha value is -0.570. The van der Waals surface area contributed by atoms with Gasteiger partial charge in [-0.3, -0.25) is 4.79 Å². The minimum atomic E-state index is -0.634. The molecule has 3 nitrogen and oxygen atoms in total. The Morgan fingerprint density at radius 2 is 2.36 bits per heavy atom. The van der Waals surface area contributed by atoms with E-state index in [9.17, 15) is 4.79 Å². The molecule has 1 aliphatic rings. The summed E-state index contributed by atoms with van der Waals surface area (Å²) >= 11 is 0. The molecule has 1 rings (SSSR count). The third-order valence-corrected chi connectivity index (χ3v) is 2.30. The molecule has 0 bridgehead atoms. The fraction of sp³-hybridized carbons (Fsp3) is 0.875. The Bertz CT molecular complexity index is 169. The molecule has 0 unspecified atom stereocenters. The maximum Gasteiger partial charge on any atom is 0.326 e. The zero-order chi connectivity index (χ0) is 8.48. The molecule has 2 N–H and O–H groups in total. The summed E-state index contributed by atoms with van der Waals surface area (Å²) in [7, 11) is 0. The second-order valence-electron chi connectivity index (χ2n) is 3.07. The summed E-state index contributed by atoms with van der Waals surface area (Å²) in [6, 6.07) is 0. The molecule has 0 spiro atoms. The van der Waals surface area contributed by atoms with Crippen LogP contribution in [0.5, 0.6) is 0 Å². The maximum absolute atomic E-state index is 11.1. The molecular formula is C8H15NO2. The first-order chi connectivity index (χ1) is 5.15. The fourth-order valence-electron chi connectivity index (χ4n) is 1.37. The van der Waals surface area contributed by atoms with Crippen LogP contribution in [0, 0.1) is 5.92 Å². The Morgan fingerprint density at radius 1 is 1.73 bits per heavy atom. The van der Waals surface area contributed by atoms with Gasteiger partial charge in [0.25, 0.3) is 0 Å². The van der Waals surface area contributed by atoms with E-state index in [4.69, 9.17) is 10.5 Å². The summed E-state index contributed by atoms with van der Waals surface area (Å²) in [5, 5.41) is 0. The molecule has 0 aromatic rings. The molecule has 0 aromatic carbocycles. The lowest BCUT2D eigenvalue weighted by Crippen LogP contribution is -2.37. The summed E-state index contributed by atoms with van der Waals surface area (Å²) in [6.07, 6.45) is 1.76. The minimum absolute atomic E-state index is 0.230. The molecule has 0 saturated heterocycles. The molecule has 0 amide bonds. The van der Waals surface area contributed by atoms with Gasteiger partial charge in [-0.15, -0.1) is 0 Å². The smallest absolute Gasteiger partial charge is 0.326 e. The van der Waals surface area contributed by atoms with Crippen molar-refractivity contribution in [3.63, 3.8) is 0 Å². The van der Waals surface area contributed by atoms with Crippen molar-refractivity contribution in [3.05, 3.63) is 0 Å². The summed E-state index contributed by atoms with van der Waals surface area (Å²) in [5.74, 6) is 0.119. The number of hydrogen-bond donors (Lipinski definition) is 1. The van der Waals surface area contributed by atoms with Gasteiger partial charge in [0, 0.05) is 0 Å².